The average Bonchev–Trinajstić information content (AvgIpc) is 3.55. The molecule has 0 saturated heterocycles. The Morgan fingerprint density at radius 1 is 0.886 bits per heavy atom. The molecule has 0 radical (unpaired) electrons. The number of nitrogens with zero attached hydrogens (tertiary/aromatic N) is 4. The van der Waals surface area contributed by atoms with Crippen LogP contribution in [0.4, 0.5) is 11.4 Å². The van der Waals surface area contributed by atoms with Crippen LogP contribution in [-0.2, 0) is 4.79 Å². The number of hydrogen-bond acceptors (Lipinski definition) is 8. The first kappa shape index (κ1) is 30.8. The second kappa shape index (κ2) is 13.8. The number of fused-ring (bicyclic) bond motifs is 2. The third-order valence-corrected chi connectivity index (χ3v) is 7.96. The second-order valence-electron chi connectivity index (χ2n) is 11.4. The Labute approximate surface area is 258 Å². The smallest absolute Gasteiger partial charge is 0.260 e. The minimum Gasteiger partial charge on any atom is -0.493 e. The molecular formula is C34H40N4O6. The third-order valence-electron chi connectivity index (χ3n) is 7.96. The number of unbranched alkanes of at least 4 members (excludes halogenated alkanes) is 2. The van der Waals surface area contributed by atoms with Crippen LogP contribution in [0.5, 0.6) is 23.0 Å². The molecule has 0 aromatic heterocycles. The zero-order valence-corrected chi connectivity index (χ0v) is 26.0. The fourth-order valence-electron chi connectivity index (χ4n) is 5.60. The maximum atomic E-state index is 13.2. The first-order chi connectivity index (χ1) is 21.3. The Hall–Kier alpha value is -4.60. The molecule has 0 aliphatic carbocycles. The summed E-state index contributed by atoms with van der Waals surface area (Å²) in [5.74, 6) is 2.28. The lowest BCUT2D eigenvalue weighted by molar-refractivity contribution is -0.116. The van der Waals surface area contributed by atoms with Gasteiger partial charge in [-0.25, -0.2) is 0 Å². The van der Waals surface area contributed by atoms with Gasteiger partial charge in [0.25, 0.3) is 5.91 Å². The minimum atomic E-state index is -0.0842. The fraction of sp³-hybridized carbons (Fsp3) is 0.412. The van der Waals surface area contributed by atoms with Gasteiger partial charge in [0.1, 0.15) is 0 Å². The van der Waals surface area contributed by atoms with Crippen LogP contribution < -0.4 is 18.9 Å². The SMILES string of the molecule is COc1cc2c(cc1OCCCCCOc1cc(/N=C\C3CC(C)=CN3C=O)c(C)cc1OC)N=CC1CC(C)=CN1C2=O. The minimum absolute atomic E-state index is 0.0557. The van der Waals surface area contributed by atoms with Gasteiger partial charge in [-0.2, -0.15) is 0 Å². The molecule has 2 aromatic carbocycles. The van der Waals surface area contributed by atoms with Crippen LogP contribution in [0.25, 0.3) is 0 Å². The van der Waals surface area contributed by atoms with Gasteiger partial charge in [-0.3, -0.25) is 19.6 Å². The van der Waals surface area contributed by atoms with E-state index >= 15 is 0 Å². The van der Waals surface area contributed by atoms with E-state index in [1.807, 2.05) is 57.7 Å². The summed E-state index contributed by atoms with van der Waals surface area (Å²) in [6.45, 7) is 7.00. The van der Waals surface area contributed by atoms with E-state index in [1.165, 1.54) is 0 Å². The van der Waals surface area contributed by atoms with Crippen molar-refractivity contribution in [2.75, 3.05) is 27.4 Å². The van der Waals surface area contributed by atoms with Gasteiger partial charge in [0, 0.05) is 37.0 Å². The van der Waals surface area contributed by atoms with Crippen molar-refractivity contribution in [3.05, 3.63) is 58.9 Å². The molecule has 0 fully saturated rings. The van der Waals surface area contributed by atoms with Crippen molar-refractivity contribution in [3.63, 3.8) is 0 Å². The van der Waals surface area contributed by atoms with E-state index < -0.39 is 0 Å². The van der Waals surface area contributed by atoms with Crippen molar-refractivity contribution in [2.45, 2.75) is 65.0 Å². The molecule has 2 unspecified atom stereocenters. The van der Waals surface area contributed by atoms with E-state index in [2.05, 4.69) is 9.98 Å². The highest BCUT2D eigenvalue weighted by Gasteiger charge is 2.32. The number of aryl methyl sites for hydroxylation is 1. The monoisotopic (exact) mass is 600 g/mol. The van der Waals surface area contributed by atoms with Crippen LogP contribution in [-0.4, -0.2) is 74.1 Å². The van der Waals surface area contributed by atoms with Crippen molar-refractivity contribution in [1.29, 1.82) is 0 Å². The van der Waals surface area contributed by atoms with Crippen molar-refractivity contribution in [3.8, 4) is 23.0 Å². The molecule has 3 aliphatic rings. The van der Waals surface area contributed by atoms with Gasteiger partial charge in [-0.1, -0.05) is 11.1 Å². The van der Waals surface area contributed by atoms with Crippen LogP contribution in [0.2, 0.25) is 0 Å². The zero-order chi connectivity index (χ0) is 31.2. The number of carbonyl (C=O) groups is 2. The number of carbonyl (C=O) groups excluding carboxylic acids is 2. The second-order valence-corrected chi connectivity index (χ2v) is 11.4. The van der Waals surface area contributed by atoms with E-state index in [-0.39, 0.29) is 18.0 Å². The molecule has 0 spiro atoms. The van der Waals surface area contributed by atoms with Crippen molar-refractivity contribution >= 4 is 36.1 Å². The molecule has 2 amide bonds. The van der Waals surface area contributed by atoms with Crippen molar-refractivity contribution in [1.82, 2.24) is 9.80 Å². The molecule has 0 saturated carbocycles. The first-order valence-corrected chi connectivity index (χ1v) is 15.0. The predicted molar refractivity (Wildman–Crippen MR) is 170 cm³/mol. The maximum absolute atomic E-state index is 13.2. The normalized spacial score (nSPS) is 19.0. The molecule has 2 aromatic rings. The molecule has 10 nitrogen and oxygen atoms in total. The molecule has 2 atom stereocenters. The standard InChI is InChI=1S/C34H40N4O6/c1-22-11-25(37(19-22)21-39)17-35-28-15-32(30(41-4)13-24(28)3)43-9-7-6-8-10-44-33-16-29-27(14-31(33)42-5)34(40)38-20-23(2)12-26(38)18-36-29/h13-21,25-26H,6-12H2,1-5H3/b35-17-. The Bertz CT molecular complexity index is 1530. The number of hydrogen-bond donors (Lipinski definition) is 0. The number of ether oxygens (including phenoxy) is 4. The zero-order valence-electron chi connectivity index (χ0n) is 26.0. The van der Waals surface area contributed by atoms with E-state index in [0.717, 1.165) is 60.9 Å². The lowest BCUT2D eigenvalue weighted by atomic mass is 10.1. The summed E-state index contributed by atoms with van der Waals surface area (Å²) in [5.41, 5.74) is 5.13. The van der Waals surface area contributed by atoms with Gasteiger partial charge in [0.15, 0.2) is 23.0 Å². The van der Waals surface area contributed by atoms with E-state index in [1.54, 1.807) is 36.2 Å². The van der Waals surface area contributed by atoms with Gasteiger partial charge in [-0.15, -0.1) is 0 Å². The van der Waals surface area contributed by atoms with Gasteiger partial charge in [0.2, 0.25) is 6.41 Å². The molecule has 3 heterocycles. The number of methoxy groups -OCH3 is 2. The van der Waals surface area contributed by atoms with E-state index in [9.17, 15) is 9.59 Å². The molecule has 0 bridgehead atoms. The summed E-state index contributed by atoms with van der Waals surface area (Å²) in [6, 6.07) is 7.17. The highest BCUT2D eigenvalue weighted by atomic mass is 16.5. The van der Waals surface area contributed by atoms with Crippen LogP contribution in [0, 0.1) is 6.92 Å². The quantitative estimate of drug-likeness (QED) is 0.152. The van der Waals surface area contributed by atoms with Gasteiger partial charge >= 0.3 is 0 Å². The summed E-state index contributed by atoms with van der Waals surface area (Å²) in [6.07, 6.45) is 12.3. The Balaban J connectivity index is 1.12. The number of benzene rings is 2. The Morgan fingerprint density at radius 2 is 1.57 bits per heavy atom. The molecule has 5 rings (SSSR count). The third kappa shape index (κ3) is 6.79. The molecule has 44 heavy (non-hydrogen) atoms. The molecular weight excluding hydrogens is 560 g/mol. The Morgan fingerprint density at radius 3 is 2.27 bits per heavy atom. The number of amides is 2. The highest BCUT2D eigenvalue weighted by molar-refractivity contribution is 6.04. The topological polar surface area (TPSA) is 102 Å². The van der Waals surface area contributed by atoms with Gasteiger partial charge < -0.3 is 28.7 Å². The van der Waals surface area contributed by atoms with E-state index in [0.29, 0.717) is 47.5 Å². The van der Waals surface area contributed by atoms with Gasteiger partial charge in [-0.05, 0) is 70.6 Å². The summed E-state index contributed by atoms with van der Waals surface area (Å²) in [5, 5.41) is 0. The molecule has 232 valence electrons. The van der Waals surface area contributed by atoms with Crippen LogP contribution in [0.1, 0.15) is 61.9 Å². The molecule has 0 N–H and O–H groups in total. The van der Waals surface area contributed by atoms with Crippen molar-refractivity contribution in [2.24, 2.45) is 9.98 Å². The number of aliphatic imine (C=N–C) groups is 2. The molecule has 3 aliphatic heterocycles. The van der Waals surface area contributed by atoms with E-state index in [4.69, 9.17) is 18.9 Å². The van der Waals surface area contributed by atoms with Crippen molar-refractivity contribution < 1.29 is 28.5 Å². The summed E-state index contributed by atoms with van der Waals surface area (Å²) in [7, 11) is 3.19. The predicted octanol–water partition coefficient (Wildman–Crippen LogP) is 6.31. The van der Waals surface area contributed by atoms with Crippen LogP contribution in [0.15, 0.2) is 57.8 Å². The fourth-order valence-corrected chi connectivity index (χ4v) is 5.60. The lowest BCUT2D eigenvalue weighted by Crippen LogP contribution is -2.32. The first-order valence-electron chi connectivity index (χ1n) is 15.0. The summed E-state index contributed by atoms with van der Waals surface area (Å²) >= 11 is 0. The van der Waals surface area contributed by atoms with Gasteiger partial charge in [0.05, 0.1) is 56.5 Å². The summed E-state index contributed by atoms with van der Waals surface area (Å²) < 4.78 is 23.2. The summed E-state index contributed by atoms with van der Waals surface area (Å²) in [4.78, 5) is 37.2. The van der Waals surface area contributed by atoms with Crippen LogP contribution in [0.3, 0.4) is 0 Å². The Kier molecular flexibility index (Phi) is 9.67. The number of rotatable bonds is 13. The molecule has 10 heteroatoms. The van der Waals surface area contributed by atoms with Crippen LogP contribution >= 0.6 is 0 Å². The highest BCUT2D eigenvalue weighted by Crippen LogP contribution is 2.39. The maximum Gasteiger partial charge on any atom is 0.260 e. The average molecular weight is 601 g/mol. The largest absolute Gasteiger partial charge is 0.493 e. The lowest BCUT2D eigenvalue weighted by Gasteiger charge is -2.19.